The van der Waals surface area contributed by atoms with Crippen molar-refractivity contribution in [1.29, 1.82) is 0 Å². The van der Waals surface area contributed by atoms with E-state index in [1.54, 1.807) is 47.0 Å². The zero-order chi connectivity index (χ0) is 88.1. The van der Waals surface area contributed by atoms with E-state index in [2.05, 4.69) is 42.9 Å². The number of aromatic amines is 4. The molecule has 28 heteroatoms. The van der Waals surface area contributed by atoms with Crippen molar-refractivity contribution < 1.29 is 67.3 Å². The Hall–Kier alpha value is -12.1. The van der Waals surface area contributed by atoms with Gasteiger partial charge in [0, 0.05) is 152 Å². The molecule has 9 aromatic carbocycles. The number of aliphatic hydroxyl groups excluding tert-OH is 2. The number of carbonyl (C=O) groups excluding carboxylic acids is 4. The molecule has 0 bridgehead atoms. The third kappa shape index (κ3) is 19.9. The molecule has 654 valence electrons. The number of aliphatic hydroxyl groups is 2. The van der Waals surface area contributed by atoms with Gasteiger partial charge in [-0.2, -0.15) is 0 Å². The largest absolute Gasteiger partial charge is 0.497 e. The molecule has 4 aromatic heterocycles. The maximum Gasteiger partial charge on any atom is 0.415 e. The minimum Gasteiger partial charge on any atom is -0.497 e. The lowest BCUT2D eigenvalue weighted by Gasteiger charge is -2.35. The Morgan fingerprint density at radius 1 is 0.437 bits per heavy atom. The van der Waals surface area contributed by atoms with Gasteiger partial charge in [0.05, 0.1) is 40.8 Å². The molecule has 0 saturated carbocycles. The molecule has 4 amide bonds. The van der Waals surface area contributed by atoms with Gasteiger partial charge in [0.25, 0.3) is 0 Å². The van der Waals surface area contributed by atoms with Crippen LogP contribution in [-0.2, 0) is 51.2 Å². The van der Waals surface area contributed by atoms with Crippen LogP contribution in [0.5, 0.6) is 23.0 Å². The summed E-state index contributed by atoms with van der Waals surface area (Å²) in [6, 6.07) is 62.7. The molecule has 0 aliphatic carbocycles. The Morgan fingerprint density at radius 2 is 0.778 bits per heavy atom. The number of benzene rings is 9. The molecule has 24 nitrogen and oxygen atoms in total. The number of piperazine rings is 1. The van der Waals surface area contributed by atoms with E-state index in [0.29, 0.717) is 84.6 Å². The number of carbonyl (C=O) groups is 4. The molecule has 126 heavy (non-hydrogen) atoms. The number of halogens is 4. The van der Waals surface area contributed by atoms with Crippen LogP contribution in [0.15, 0.2) is 226 Å². The smallest absolute Gasteiger partial charge is 0.415 e. The van der Waals surface area contributed by atoms with Gasteiger partial charge in [-0.15, -0.1) is 0 Å². The van der Waals surface area contributed by atoms with Gasteiger partial charge in [0.1, 0.15) is 73.1 Å². The lowest BCUT2D eigenvalue weighted by atomic mass is 9.92. The molecule has 18 rings (SSSR count). The Morgan fingerprint density at radius 3 is 1.12 bits per heavy atom. The number of ether oxygens (including phenoxy) is 8. The quantitative estimate of drug-likeness (QED) is 0.0235. The standard InChI is InChI=1S/C29H37ClN4O5.C26H23ClN2O3.C22H21ClN2O3.C21H19ClN2O3/c1-2-38-29(37)34-10-9-24-25-17-21(30)5-8-26(25)31-27(24)28(34)20-3-6-23(7-4-20)39-19-22(36)18-33-13-11-32(12-14-33)15-16-35;1-31-20-10-7-18(8-11-20)25-24-21(22-15-19(27)9-12-23(22)28-24)13-14-29(25)26(30)32-16-17-5-3-2-4-6-17;1-3-12-28-22(26)25-11-10-17-18-13-15(23)6-9-19(18)24-20(17)21(25)14-4-7-16(27-2)8-5-14;1-3-27-21(25)24-11-10-16-17-12-14(22)6-9-18(17)23-19(16)20(24)13-4-7-15(26-2)8-5-13/h3-8,17,22,28,31,35-36H,2,9-16,18-19H2,1H3;2-12,15,25,28H,13-14,16H2,1H3;3-9,13,21,24H,1,10-12H2,2H3;3-9,12,20,23H,1,10-11H2,2H3. The lowest BCUT2D eigenvalue weighted by molar-refractivity contribution is 0.0428. The molecule has 5 aliphatic rings. The van der Waals surface area contributed by atoms with E-state index in [1.807, 2.05) is 207 Å². The number of methoxy groups -OCH3 is 3. The second-order valence-electron chi connectivity index (χ2n) is 31.1. The number of hydrogen-bond acceptors (Lipinski definition) is 16. The van der Waals surface area contributed by atoms with Crippen LogP contribution in [0.3, 0.4) is 0 Å². The number of hydrogen-bond donors (Lipinski definition) is 6. The summed E-state index contributed by atoms with van der Waals surface area (Å²) >= 11 is 25.0. The Balaban J connectivity index is 0.000000131. The van der Waals surface area contributed by atoms with E-state index in [0.717, 1.165) is 157 Å². The summed E-state index contributed by atoms with van der Waals surface area (Å²) in [6.07, 6.45) is 3.55. The summed E-state index contributed by atoms with van der Waals surface area (Å²) in [5.74, 6) is 2.96. The van der Waals surface area contributed by atoms with Crippen LogP contribution in [0.1, 0.15) is 104 Å². The van der Waals surface area contributed by atoms with E-state index in [4.69, 9.17) is 89.4 Å². The van der Waals surface area contributed by atoms with Crippen molar-refractivity contribution in [1.82, 2.24) is 49.3 Å². The number of aromatic nitrogens is 4. The molecular formula is C98H100Cl4N10O14. The first-order valence-corrected chi connectivity index (χ1v) is 43.5. The molecule has 5 atom stereocenters. The number of nitrogens with one attached hydrogen (secondary N) is 4. The highest BCUT2D eigenvalue weighted by Gasteiger charge is 2.41. The van der Waals surface area contributed by atoms with Crippen LogP contribution >= 0.6 is 46.4 Å². The van der Waals surface area contributed by atoms with Gasteiger partial charge in [-0.3, -0.25) is 29.4 Å². The number of β-amino-alcohol motifs (C(OH)–C–C–N with tert-alkyl or cyclic N) is 2. The Kier molecular flexibility index (Phi) is 28.8. The molecule has 5 unspecified atom stereocenters. The topological polar surface area (TPSA) is 265 Å². The van der Waals surface area contributed by atoms with Crippen molar-refractivity contribution in [3.8, 4) is 23.0 Å². The van der Waals surface area contributed by atoms with Crippen LogP contribution in [0.2, 0.25) is 20.1 Å². The summed E-state index contributed by atoms with van der Waals surface area (Å²) < 4.78 is 43.3. The first-order chi connectivity index (χ1) is 61.3. The van der Waals surface area contributed by atoms with Crippen LogP contribution in [0.25, 0.3) is 43.6 Å². The first kappa shape index (κ1) is 88.8. The van der Waals surface area contributed by atoms with Gasteiger partial charge in [0.2, 0.25) is 0 Å². The van der Waals surface area contributed by atoms with Crippen LogP contribution in [0, 0.1) is 0 Å². The molecule has 9 heterocycles. The summed E-state index contributed by atoms with van der Waals surface area (Å²) in [5, 5.41) is 26.8. The van der Waals surface area contributed by atoms with Crippen LogP contribution < -0.4 is 18.9 Å². The van der Waals surface area contributed by atoms with E-state index >= 15 is 0 Å². The van der Waals surface area contributed by atoms with Gasteiger partial charge in [-0.25, -0.2) is 19.2 Å². The highest BCUT2D eigenvalue weighted by molar-refractivity contribution is 6.32. The average molecular weight is 1780 g/mol. The third-order valence-electron chi connectivity index (χ3n) is 23.6. The second kappa shape index (κ2) is 40.9. The normalized spacial score (nSPS) is 16.8. The fourth-order valence-corrected chi connectivity index (χ4v) is 18.3. The lowest BCUT2D eigenvalue weighted by Crippen LogP contribution is -2.49. The highest BCUT2D eigenvalue weighted by atomic mass is 35.5. The summed E-state index contributed by atoms with van der Waals surface area (Å²) in [7, 11) is 4.90. The van der Waals surface area contributed by atoms with Gasteiger partial charge in [-0.1, -0.05) is 145 Å². The van der Waals surface area contributed by atoms with E-state index in [-0.39, 0.29) is 68.9 Å². The predicted molar refractivity (Wildman–Crippen MR) is 491 cm³/mol. The van der Waals surface area contributed by atoms with E-state index in [1.165, 1.54) is 22.3 Å². The Labute approximate surface area is 750 Å². The van der Waals surface area contributed by atoms with Crippen molar-refractivity contribution in [2.45, 2.75) is 69.5 Å². The van der Waals surface area contributed by atoms with E-state index < -0.39 is 12.2 Å². The SMILES string of the molecule is C=CCOC(=O)N1CCc2c([nH]c3ccc(Cl)cc23)C1c1ccc(OC)cc1.C=COC(=O)N1CCc2c([nH]c3ccc(Cl)cc23)C1c1ccc(OC)cc1.CCOC(=O)N1CCc2c([nH]c3ccc(Cl)cc23)C1c1ccc(OCC(O)CN2CCN(CCO)CC2)cc1.COc1ccc(C2c3[nH]c4ccc(Cl)cc4c3CCN2C(=O)OCc2ccccc2)cc1. The second-order valence-corrected chi connectivity index (χ2v) is 32.8. The van der Waals surface area contributed by atoms with Crippen molar-refractivity contribution in [3.63, 3.8) is 0 Å². The third-order valence-corrected chi connectivity index (χ3v) is 24.5. The molecule has 0 spiro atoms. The zero-order valence-electron chi connectivity index (χ0n) is 70.4. The van der Waals surface area contributed by atoms with Gasteiger partial charge >= 0.3 is 24.4 Å². The van der Waals surface area contributed by atoms with Crippen molar-refractivity contribution in [2.24, 2.45) is 0 Å². The van der Waals surface area contributed by atoms with Crippen LogP contribution in [-0.4, -0.2) is 203 Å². The summed E-state index contributed by atoms with van der Waals surface area (Å²) in [6.45, 7) is 17.0. The maximum atomic E-state index is 13.2. The average Bonchev–Trinajstić information content (AvgIpc) is 1.61. The molecular weight excluding hydrogens is 1680 g/mol. The molecule has 6 N–H and O–H groups in total. The number of H-pyrrole nitrogens is 4. The van der Waals surface area contributed by atoms with Crippen molar-refractivity contribution in [3.05, 3.63) is 319 Å². The molecule has 1 fully saturated rings. The van der Waals surface area contributed by atoms with Crippen LogP contribution in [0.4, 0.5) is 19.2 Å². The number of rotatable bonds is 20. The minimum atomic E-state index is -0.604. The first-order valence-electron chi connectivity index (χ1n) is 42.0. The molecule has 1 saturated heterocycles. The monoisotopic (exact) mass is 1780 g/mol. The number of nitrogens with zero attached hydrogens (tertiary/aromatic N) is 6. The van der Waals surface area contributed by atoms with E-state index in [9.17, 15) is 24.3 Å². The fraction of sp³-hybridized carbons (Fsp3) is 0.286. The number of fused-ring (bicyclic) bond motifs is 12. The van der Waals surface area contributed by atoms with Gasteiger partial charge in [-0.05, 0) is 204 Å². The number of amides is 4. The summed E-state index contributed by atoms with van der Waals surface area (Å²) in [4.78, 5) is 76.9. The minimum absolute atomic E-state index is 0.175. The van der Waals surface area contributed by atoms with Gasteiger partial charge in [0.15, 0.2) is 0 Å². The molecule has 0 radical (unpaired) electrons. The Bertz CT molecular complexity index is 6000. The van der Waals surface area contributed by atoms with Crippen molar-refractivity contribution in [2.75, 3.05) is 113 Å². The highest BCUT2D eigenvalue weighted by Crippen LogP contribution is 2.46. The summed E-state index contributed by atoms with van der Waals surface area (Å²) in [5.41, 5.74) is 17.5. The zero-order valence-corrected chi connectivity index (χ0v) is 73.5. The molecule has 5 aliphatic heterocycles. The van der Waals surface area contributed by atoms with Gasteiger partial charge < -0.3 is 68.0 Å². The predicted octanol–water partition coefficient (Wildman–Crippen LogP) is 19.5. The molecule has 13 aromatic rings. The maximum absolute atomic E-state index is 13.2. The van der Waals surface area contributed by atoms with Crippen molar-refractivity contribution >= 4 is 114 Å². The fourth-order valence-electron chi connectivity index (χ4n) is 17.6.